The van der Waals surface area contributed by atoms with Crippen molar-refractivity contribution >= 4 is 35.8 Å². The Bertz CT molecular complexity index is 616. The summed E-state index contributed by atoms with van der Waals surface area (Å²) < 4.78 is 5.13. The second-order valence-electron chi connectivity index (χ2n) is 7.36. The number of rotatable bonds is 9. The largest absolute Gasteiger partial charge is 0.497 e. The monoisotopic (exact) mass is 517 g/mol. The number of hydrogen-bond donors (Lipinski definition) is 3. The molecule has 3 N–H and O–H groups in total. The van der Waals surface area contributed by atoms with Crippen LogP contribution in [0.15, 0.2) is 29.3 Å². The van der Waals surface area contributed by atoms with E-state index >= 15 is 0 Å². The lowest BCUT2D eigenvalue weighted by Crippen LogP contribution is -2.43. The number of aliphatic imine (C=N–C) groups is 1. The normalized spacial score (nSPS) is 15.3. The van der Waals surface area contributed by atoms with Gasteiger partial charge in [0, 0.05) is 20.1 Å². The van der Waals surface area contributed by atoms with Gasteiger partial charge in [0.1, 0.15) is 5.75 Å². The summed E-state index contributed by atoms with van der Waals surface area (Å²) in [6, 6.07) is 7.65. The Kier molecular flexibility index (Phi) is 12.7. The molecule has 7 nitrogen and oxygen atoms in total. The van der Waals surface area contributed by atoms with Gasteiger partial charge >= 0.3 is 0 Å². The minimum atomic E-state index is -0.0683. The number of carbonyl (C=O) groups is 1. The van der Waals surface area contributed by atoms with Crippen LogP contribution in [0.3, 0.4) is 0 Å². The molecule has 29 heavy (non-hydrogen) atoms. The molecular weight excluding hydrogens is 481 g/mol. The van der Waals surface area contributed by atoms with Gasteiger partial charge in [-0.15, -0.1) is 24.0 Å². The first kappa shape index (κ1) is 25.5. The number of ether oxygens (including phenoxy) is 1. The van der Waals surface area contributed by atoms with E-state index in [2.05, 4.69) is 32.8 Å². The van der Waals surface area contributed by atoms with Crippen LogP contribution in [0.1, 0.15) is 31.7 Å². The molecule has 0 bridgehead atoms. The van der Waals surface area contributed by atoms with Crippen LogP contribution < -0.4 is 20.7 Å². The van der Waals surface area contributed by atoms with Crippen LogP contribution in [0.2, 0.25) is 0 Å². The number of amides is 1. The molecule has 0 aromatic heterocycles. The lowest BCUT2D eigenvalue weighted by Gasteiger charge is -2.30. The molecule has 1 fully saturated rings. The summed E-state index contributed by atoms with van der Waals surface area (Å²) in [6.45, 7) is 7.40. The van der Waals surface area contributed by atoms with Crippen LogP contribution in [0.25, 0.3) is 0 Å². The van der Waals surface area contributed by atoms with Crippen LogP contribution >= 0.6 is 24.0 Å². The first-order valence-corrected chi connectivity index (χ1v) is 10.2. The van der Waals surface area contributed by atoms with Gasteiger partial charge in [-0.05, 0) is 62.5 Å². The van der Waals surface area contributed by atoms with E-state index in [9.17, 15) is 4.79 Å². The van der Waals surface area contributed by atoms with Gasteiger partial charge in [-0.3, -0.25) is 9.79 Å². The smallest absolute Gasteiger partial charge is 0.239 e. The summed E-state index contributed by atoms with van der Waals surface area (Å²) >= 11 is 0. The first-order valence-electron chi connectivity index (χ1n) is 10.2. The summed E-state index contributed by atoms with van der Waals surface area (Å²) in [5.41, 5.74) is 1.03. The van der Waals surface area contributed by atoms with E-state index in [1.54, 1.807) is 14.2 Å². The van der Waals surface area contributed by atoms with Gasteiger partial charge in [-0.2, -0.15) is 0 Å². The number of hydrogen-bond acceptors (Lipinski definition) is 4. The SMILES string of the molecule is CN=C(NCCCN1CCC(C)CC1)NCC(=O)NCc1ccc(OC)cc1.I. The molecular formula is C21H36IN5O2. The second kappa shape index (κ2) is 14.4. The lowest BCUT2D eigenvalue weighted by molar-refractivity contribution is -0.120. The summed E-state index contributed by atoms with van der Waals surface area (Å²) in [7, 11) is 3.36. The maximum Gasteiger partial charge on any atom is 0.239 e. The molecule has 0 atom stereocenters. The molecule has 1 aromatic rings. The summed E-state index contributed by atoms with van der Waals surface area (Å²) in [5, 5.41) is 9.24. The molecule has 0 spiro atoms. The van der Waals surface area contributed by atoms with Crippen molar-refractivity contribution < 1.29 is 9.53 Å². The zero-order chi connectivity index (χ0) is 20.2. The lowest BCUT2D eigenvalue weighted by atomic mass is 9.99. The molecule has 164 valence electrons. The van der Waals surface area contributed by atoms with Gasteiger partial charge in [-0.25, -0.2) is 0 Å². The van der Waals surface area contributed by atoms with Crippen molar-refractivity contribution in [1.29, 1.82) is 0 Å². The van der Waals surface area contributed by atoms with Crippen LogP contribution in [0.5, 0.6) is 5.75 Å². The fourth-order valence-corrected chi connectivity index (χ4v) is 3.19. The predicted octanol–water partition coefficient (Wildman–Crippen LogP) is 2.22. The Morgan fingerprint density at radius 1 is 1.17 bits per heavy atom. The van der Waals surface area contributed by atoms with E-state index in [1.165, 1.54) is 25.9 Å². The van der Waals surface area contributed by atoms with Crippen molar-refractivity contribution in [3.05, 3.63) is 29.8 Å². The van der Waals surface area contributed by atoms with Gasteiger partial charge < -0.3 is 25.6 Å². The van der Waals surface area contributed by atoms with Gasteiger partial charge in [0.05, 0.1) is 13.7 Å². The Morgan fingerprint density at radius 3 is 2.48 bits per heavy atom. The van der Waals surface area contributed by atoms with E-state index < -0.39 is 0 Å². The van der Waals surface area contributed by atoms with E-state index in [4.69, 9.17) is 4.74 Å². The Hall–Kier alpha value is -1.55. The van der Waals surface area contributed by atoms with Gasteiger partial charge in [0.25, 0.3) is 0 Å². The molecule has 1 amide bonds. The molecule has 8 heteroatoms. The predicted molar refractivity (Wildman–Crippen MR) is 129 cm³/mol. The summed E-state index contributed by atoms with van der Waals surface area (Å²) in [5.74, 6) is 2.27. The Labute approximate surface area is 192 Å². The summed E-state index contributed by atoms with van der Waals surface area (Å²) in [4.78, 5) is 18.7. The highest BCUT2D eigenvalue weighted by Crippen LogP contribution is 2.15. The minimum absolute atomic E-state index is 0. The Morgan fingerprint density at radius 2 is 1.86 bits per heavy atom. The third-order valence-corrected chi connectivity index (χ3v) is 5.11. The number of halogens is 1. The zero-order valence-corrected chi connectivity index (χ0v) is 20.2. The maximum absolute atomic E-state index is 12.0. The maximum atomic E-state index is 12.0. The van der Waals surface area contributed by atoms with Crippen molar-refractivity contribution in [2.45, 2.75) is 32.7 Å². The van der Waals surface area contributed by atoms with Crippen molar-refractivity contribution in [1.82, 2.24) is 20.9 Å². The fraction of sp³-hybridized carbons (Fsp3) is 0.619. The number of likely N-dealkylation sites (tertiary alicyclic amines) is 1. The van der Waals surface area contributed by atoms with Crippen LogP contribution in [0, 0.1) is 5.92 Å². The van der Waals surface area contributed by atoms with Crippen molar-refractivity contribution in [2.24, 2.45) is 10.9 Å². The second-order valence-corrected chi connectivity index (χ2v) is 7.36. The number of carbonyl (C=O) groups excluding carboxylic acids is 1. The molecule has 1 aliphatic rings. The van der Waals surface area contributed by atoms with Gasteiger partial charge in [0.2, 0.25) is 5.91 Å². The third-order valence-electron chi connectivity index (χ3n) is 5.11. The number of piperidine rings is 1. The first-order chi connectivity index (χ1) is 13.6. The number of nitrogens with zero attached hydrogens (tertiary/aromatic N) is 2. The zero-order valence-electron chi connectivity index (χ0n) is 17.9. The van der Waals surface area contributed by atoms with E-state index in [1.807, 2.05) is 24.3 Å². The highest BCUT2D eigenvalue weighted by Gasteiger charge is 2.14. The number of nitrogens with one attached hydrogen (secondary N) is 3. The standard InChI is InChI=1S/C21H35N5O2.HI/c1-17-9-13-26(14-10-17)12-4-11-23-21(22-2)25-16-20(27)24-15-18-5-7-19(28-3)8-6-18;/h5-8,17H,4,9-16H2,1-3H3,(H,24,27)(H2,22,23,25);1H. The minimum Gasteiger partial charge on any atom is -0.497 e. The highest BCUT2D eigenvalue weighted by molar-refractivity contribution is 14.0. The van der Waals surface area contributed by atoms with Crippen molar-refractivity contribution in [3.8, 4) is 5.75 Å². The molecule has 0 aliphatic carbocycles. The molecule has 1 aromatic carbocycles. The van der Waals surface area contributed by atoms with Crippen LogP contribution in [-0.2, 0) is 11.3 Å². The number of benzene rings is 1. The molecule has 0 saturated carbocycles. The van der Waals surface area contributed by atoms with E-state index in [0.29, 0.717) is 12.5 Å². The third kappa shape index (κ3) is 10.2. The average Bonchev–Trinajstić information content (AvgIpc) is 2.73. The van der Waals surface area contributed by atoms with E-state index in [-0.39, 0.29) is 36.4 Å². The quantitative estimate of drug-likeness (QED) is 0.203. The summed E-state index contributed by atoms with van der Waals surface area (Å²) in [6.07, 6.45) is 3.68. The topological polar surface area (TPSA) is 78.0 Å². The molecule has 2 rings (SSSR count). The number of guanidine groups is 1. The van der Waals surface area contributed by atoms with Gasteiger partial charge in [0.15, 0.2) is 5.96 Å². The fourth-order valence-electron chi connectivity index (χ4n) is 3.19. The number of methoxy groups -OCH3 is 1. The highest BCUT2D eigenvalue weighted by atomic mass is 127. The van der Waals surface area contributed by atoms with Crippen LogP contribution in [-0.4, -0.2) is 63.6 Å². The molecule has 1 saturated heterocycles. The van der Waals surface area contributed by atoms with Gasteiger partial charge in [-0.1, -0.05) is 19.1 Å². The van der Waals surface area contributed by atoms with Crippen LogP contribution in [0.4, 0.5) is 0 Å². The van der Waals surface area contributed by atoms with E-state index in [0.717, 1.165) is 36.7 Å². The van der Waals surface area contributed by atoms with Crippen molar-refractivity contribution in [3.63, 3.8) is 0 Å². The average molecular weight is 517 g/mol. The molecule has 1 heterocycles. The van der Waals surface area contributed by atoms with Crippen molar-refractivity contribution in [2.75, 3.05) is 46.9 Å². The molecule has 0 unspecified atom stereocenters. The molecule has 0 radical (unpaired) electrons. The molecule has 1 aliphatic heterocycles. The Balaban J connectivity index is 0.00000420.